The third-order valence-corrected chi connectivity index (χ3v) is 12.6. The van der Waals surface area contributed by atoms with E-state index in [1.807, 2.05) is 0 Å². The van der Waals surface area contributed by atoms with Crippen LogP contribution in [0.1, 0.15) is 247 Å². The molecule has 70 heavy (non-hydrogen) atoms. The van der Waals surface area contributed by atoms with Gasteiger partial charge < -0.3 is 38.4 Å². The van der Waals surface area contributed by atoms with Gasteiger partial charge in [-0.2, -0.15) is 0 Å². The molecular weight excluding hydrogens is 895 g/mol. The van der Waals surface area contributed by atoms with E-state index < -0.39 is 10.8 Å². The van der Waals surface area contributed by atoms with Crippen LogP contribution < -0.4 is 0 Å². The van der Waals surface area contributed by atoms with Crippen LogP contribution in [0, 0.1) is 10.8 Å². The molecule has 0 atom stereocenters. The van der Waals surface area contributed by atoms with E-state index >= 15 is 0 Å². The Balaban J connectivity index is 4.84. The molecule has 0 heterocycles. The molecule has 14 heteroatoms. The minimum atomic E-state index is -0.868. The van der Waals surface area contributed by atoms with Crippen LogP contribution in [0.2, 0.25) is 0 Å². The molecule has 410 valence electrons. The van der Waals surface area contributed by atoms with Crippen LogP contribution in [-0.2, 0) is 57.2 Å². The number of aliphatic hydroxyl groups excluding tert-OH is 1. The minimum Gasteiger partial charge on any atom is -0.465 e. The molecule has 0 unspecified atom stereocenters. The first-order chi connectivity index (χ1) is 33.7. The van der Waals surface area contributed by atoms with Gasteiger partial charge >= 0.3 is 35.8 Å². The van der Waals surface area contributed by atoms with Gasteiger partial charge in [0, 0.05) is 45.1 Å². The first-order valence-electron chi connectivity index (χ1n) is 28.0. The maximum absolute atomic E-state index is 12.8. The van der Waals surface area contributed by atoms with Gasteiger partial charge in [0.2, 0.25) is 0 Å². The van der Waals surface area contributed by atoms with Crippen molar-refractivity contribution in [3.63, 3.8) is 0 Å². The summed E-state index contributed by atoms with van der Waals surface area (Å²) in [4.78, 5) is 77.9. The molecule has 0 radical (unpaired) electrons. The highest BCUT2D eigenvalue weighted by molar-refractivity contribution is 5.71. The Morgan fingerprint density at radius 3 is 0.714 bits per heavy atom. The molecule has 0 aliphatic heterocycles. The van der Waals surface area contributed by atoms with Crippen molar-refractivity contribution in [2.75, 3.05) is 65.9 Å². The minimum absolute atomic E-state index is 0.0131. The van der Waals surface area contributed by atoms with Crippen molar-refractivity contribution < 1.29 is 62.3 Å². The van der Waals surface area contributed by atoms with E-state index in [0.717, 1.165) is 167 Å². The Morgan fingerprint density at radius 1 is 0.314 bits per heavy atom. The Bertz CT molecular complexity index is 1180. The highest BCUT2D eigenvalue weighted by Gasteiger charge is 2.32. The van der Waals surface area contributed by atoms with Gasteiger partial charge in [0.15, 0.2) is 0 Å². The number of hydrogen-bond donors (Lipinski definition) is 1. The predicted octanol–water partition coefficient (Wildman–Crippen LogP) is 12.1. The monoisotopic (exact) mass is 998 g/mol. The van der Waals surface area contributed by atoms with Crippen molar-refractivity contribution in [3.8, 4) is 0 Å². The van der Waals surface area contributed by atoms with Crippen LogP contribution >= 0.6 is 0 Å². The molecule has 0 bridgehead atoms. The lowest BCUT2D eigenvalue weighted by atomic mass is 9.94. The van der Waals surface area contributed by atoms with Crippen LogP contribution in [0.15, 0.2) is 0 Å². The first kappa shape index (κ1) is 66.7. The van der Waals surface area contributed by atoms with Gasteiger partial charge in [-0.25, -0.2) is 0 Å². The summed E-state index contributed by atoms with van der Waals surface area (Å²) in [5, 5.41) is 9.70. The predicted molar refractivity (Wildman–Crippen MR) is 276 cm³/mol. The number of ether oxygens (including phenoxy) is 6. The normalized spacial score (nSPS) is 11.7. The van der Waals surface area contributed by atoms with Gasteiger partial charge in [-0.1, -0.05) is 143 Å². The fraction of sp³-hybridized carbons (Fsp3) is 0.893. The highest BCUT2D eigenvalue weighted by atomic mass is 16.6. The van der Waals surface area contributed by atoms with E-state index in [2.05, 4.69) is 32.6 Å². The molecule has 0 saturated heterocycles. The van der Waals surface area contributed by atoms with Crippen molar-refractivity contribution in [2.24, 2.45) is 10.8 Å². The van der Waals surface area contributed by atoms with Crippen molar-refractivity contribution in [1.29, 1.82) is 0 Å². The number of rotatable bonds is 50. The second kappa shape index (κ2) is 45.6. The number of unbranched alkanes of at least 4 members (excludes halogenated alkanes) is 20. The number of nitrogens with zero attached hydrogens (tertiary/aromatic N) is 1. The SMILES string of the molecule is CCCCCCCC(=O)OCC(C)(COC(=O)CCCCCCC)COC(=O)CCCCCN(CCO)CCCCCC(=O)OCC(C)(COC(=O)CCCCCCC)COC(=O)CCCCCCC. The zero-order valence-corrected chi connectivity index (χ0v) is 45.5. The van der Waals surface area contributed by atoms with E-state index in [0.29, 0.717) is 45.1 Å². The average molecular weight is 998 g/mol. The highest BCUT2D eigenvalue weighted by Crippen LogP contribution is 2.23. The molecule has 0 aromatic heterocycles. The number of aliphatic hydroxyl groups is 1. The topological polar surface area (TPSA) is 181 Å². The summed E-state index contributed by atoms with van der Waals surface area (Å²) in [7, 11) is 0. The van der Waals surface area contributed by atoms with Crippen LogP contribution in [0.4, 0.5) is 0 Å². The fourth-order valence-electron chi connectivity index (χ4n) is 7.74. The average Bonchev–Trinajstić information content (AvgIpc) is 3.34. The second-order valence-electron chi connectivity index (χ2n) is 20.4. The van der Waals surface area contributed by atoms with E-state index in [9.17, 15) is 33.9 Å². The summed E-state index contributed by atoms with van der Waals surface area (Å²) in [6, 6.07) is 0. The lowest BCUT2D eigenvalue weighted by Gasteiger charge is -2.28. The molecule has 0 spiro atoms. The number of carbonyl (C=O) groups is 6. The van der Waals surface area contributed by atoms with Crippen molar-refractivity contribution in [2.45, 2.75) is 247 Å². The van der Waals surface area contributed by atoms with E-state index in [1.54, 1.807) is 13.8 Å². The van der Waals surface area contributed by atoms with Gasteiger partial charge in [-0.05, 0) is 78.3 Å². The molecule has 0 aliphatic rings. The van der Waals surface area contributed by atoms with Crippen LogP contribution in [0.25, 0.3) is 0 Å². The molecule has 14 nitrogen and oxygen atoms in total. The molecular formula is C56H103NO13. The zero-order chi connectivity index (χ0) is 52.0. The Morgan fingerprint density at radius 2 is 0.514 bits per heavy atom. The van der Waals surface area contributed by atoms with Crippen LogP contribution in [-0.4, -0.2) is 112 Å². The Labute approximate surface area is 425 Å². The van der Waals surface area contributed by atoms with Gasteiger partial charge in [0.1, 0.15) is 39.6 Å². The third kappa shape index (κ3) is 41.4. The van der Waals surface area contributed by atoms with Gasteiger partial charge in [0.05, 0.1) is 17.4 Å². The Hall–Kier alpha value is -3.26. The maximum atomic E-state index is 12.8. The summed E-state index contributed by atoms with van der Waals surface area (Å²) in [6.45, 7) is 14.2. The summed E-state index contributed by atoms with van der Waals surface area (Å²) in [5.41, 5.74) is -1.74. The fourth-order valence-corrected chi connectivity index (χ4v) is 7.74. The molecule has 0 aromatic carbocycles. The lowest BCUT2D eigenvalue weighted by molar-refractivity contribution is -0.163. The zero-order valence-electron chi connectivity index (χ0n) is 45.5. The molecule has 0 aliphatic carbocycles. The molecule has 0 fully saturated rings. The van der Waals surface area contributed by atoms with E-state index in [-0.39, 0.29) is 94.9 Å². The number of esters is 6. The molecule has 0 aromatic rings. The second-order valence-corrected chi connectivity index (χ2v) is 20.4. The lowest BCUT2D eigenvalue weighted by Crippen LogP contribution is -2.37. The van der Waals surface area contributed by atoms with Crippen molar-refractivity contribution in [3.05, 3.63) is 0 Å². The smallest absolute Gasteiger partial charge is 0.305 e. The van der Waals surface area contributed by atoms with Gasteiger partial charge in [-0.15, -0.1) is 0 Å². The largest absolute Gasteiger partial charge is 0.465 e. The van der Waals surface area contributed by atoms with Crippen molar-refractivity contribution in [1.82, 2.24) is 4.90 Å². The first-order valence-corrected chi connectivity index (χ1v) is 28.0. The number of carbonyl (C=O) groups excluding carboxylic acids is 6. The quantitative estimate of drug-likeness (QED) is 0.0345. The van der Waals surface area contributed by atoms with Crippen LogP contribution in [0.3, 0.4) is 0 Å². The molecule has 0 rings (SSSR count). The van der Waals surface area contributed by atoms with Crippen LogP contribution in [0.5, 0.6) is 0 Å². The van der Waals surface area contributed by atoms with Crippen molar-refractivity contribution >= 4 is 35.8 Å². The summed E-state index contributed by atoms with van der Waals surface area (Å²) in [6.07, 6.45) is 26.7. The Kier molecular flexibility index (Phi) is 43.5. The molecule has 1 N–H and O–H groups in total. The summed E-state index contributed by atoms with van der Waals surface area (Å²) < 4.78 is 33.7. The summed E-state index contributed by atoms with van der Waals surface area (Å²) >= 11 is 0. The maximum Gasteiger partial charge on any atom is 0.305 e. The van der Waals surface area contributed by atoms with Gasteiger partial charge in [0.25, 0.3) is 0 Å². The number of hydrogen-bond acceptors (Lipinski definition) is 14. The standard InChI is InChI=1S/C56H103NO13/c1-7-11-15-19-25-33-49(59)65-43-55(5,44-66-50(60)34-26-20-16-12-8-2)47-69-53(63)37-29-23-31-39-57(41-42-58)40-32-24-30-38-54(64)70-48-56(6,45-67-51(61)35-27-21-17-13-9-3)46-68-52(62)36-28-22-18-14-10-4/h58H,7-48H2,1-6H3. The van der Waals surface area contributed by atoms with Gasteiger partial charge in [-0.3, -0.25) is 28.8 Å². The third-order valence-electron chi connectivity index (χ3n) is 12.6. The molecule has 0 saturated carbocycles. The molecule has 0 amide bonds. The summed E-state index contributed by atoms with van der Waals surface area (Å²) in [5.74, 6) is -1.92. The van der Waals surface area contributed by atoms with E-state index in [4.69, 9.17) is 28.4 Å². The van der Waals surface area contributed by atoms with E-state index in [1.165, 1.54) is 0 Å².